The van der Waals surface area contributed by atoms with E-state index < -0.39 is 0 Å². The molecule has 1 N–H and O–H groups in total. The van der Waals surface area contributed by atoms with Crippen molar-refractivity contribution in [3.05, 3.63) is 40.6 Å². The Hall–Kier alpha value is -1.07. The lowest BCUT2D eigenvalue weighted by Gasteiger charge is -2.03. The fourth-order valence-corrected chi connectivity index (χ4v) is 2.85. The molecule has 0 amide bonds. The number of imidazole rings is 1. The van der Waals surface area contributed by atoms with Crippen molar-refractivity contribution < 1.29 is 4.79 Å². The predicted molar refractivity (Wildman–Crippen MR) is 66.9 cm³/mol. The lowest BCUT2D eigenvalue weighted by Crippen LogP contribution is -1.93. The van der Waals surface area contributed by atoms with Crippen molar-refractivity contribution in [2.75, 3.05) is 0 Å². The number of hydrogen-bond donors (Lipinski definition) is 1. The van der Waals surface area contributed by atoms with Gasteiger partial charge in [-0.3, -0.25) is 4.79 Å². The zero-order valence-corrected chi connectivity index (χ0v) is 10.9. The molecule has 0 aliphatic carbocycles. The normalized spacial score (nSPS) is 10.4. The number of carbonyl (C=O) groups excluding carboxylic acids is 1. The number of nitrogens with one attached hydrogen (secondary N) is 1. The van der Waals surface area contributed by atoms with Crippen LogP contribution >= 0.6 is 27.7 Å². The van der Waals surface area contributed by atoms with Crippen LogP contribution in [0.4, 0.5) is 0 Å². The quantitative estimate of drug-likeness (QED) is 0.882. The number of Topliss-reactive ketones (excluding diaryl/α,β-unsaturated/α-hetero) is 1. The first-order chi connectivity index (χ1) is 7.66. The monoisotopic (exact) mass is 296 g/mol. The van der Waals surface area contributed by atoms with Gasteiger partial charge in [-0.05, 0) is 25.1 Å². The van der Waals surface area contributed by atoms with Gasteiger partial charge in [0.25, 0.3) is 0 Å². The molecule has 2 rings (SSSR count). The second-order valence-electron chi connectivity index (χ2n) is 3.19. The third-order valence-corrected chi connectivity index (χ3v) is 3.57. The summed E-state index contributed by atoms with van der Waals surface area (Å²) in [7, 11) is 0. The average molecular weight is 297 g/mol. The number of aromatic amines is 1. The van der Waals surface area contributed by atoms with Gasteiger partial charge in [0, 0.05) is 27.3 Å². The number of benzene rings is 1. The molecule has 16 heavy (non-hydrogen) atoms. The maximum absolute atomic E-state index is 11.2. The molecule has 1 aromatic carbocycles. The van der Waals surface area contributed by atoms with Crippen LogP contribution in [0.3, 0.4) is 0 Å². The highest BCUT2D eigenvalue weighted by Gasteiger charge is 2.07. The van der Waals surface area contributed by atoms with E-state index in [1.165, 1.54) is 11.8 Å². The van der Waals surface area contributed by atoms with Crippen LogP contribution in [0.1, 0.15) is 17.3 Å². The topological polar surface area (TPSA) is 45.8 Å². The van der Waals surface area contributed by atoms with Crippen LogP contribution in [0, 0.1) is 0 Å². The van der Waals surface area contributed by atoms with Crippen LogP contribution in [0.25, 0.3) is 0 Å². The Balaban J connectivity index is 2.24. The van der Waals surface area contributed by atoms with E-state index in [4.69, 9.17) is 0 Å². The van der Waals surface area contributed by atoms with Crippen molar-refractivity contribution in [2.24, 2.45) is 0 Å². The Morgan fingerprint density at radius 2 is 2.31 bits per heavy atom. The average Bonchev–Trinajstić information content (AvgIpc) is 2.70. The lowest BCUT2D eigenvalue weighted by atomic mass is 10.2. The first-order valence-corrected chi connectivity index (χ1v) is 6.25. The molecule has 82 valence electrons. The highest BCUT2D eigenvalue weighted by Crippen LogP contribution is 2.29. The molecule has 0 saturated heterocycles. The molecule has 1 heterocycles. The van der Waals surface area contributed by atoms with Crippen LogP contribution in [0.5, 0.6) is 0 Å². The molecule has 0 atom stereocenters. The van der Waals surface area contributed by atoms with Gasteiger partial charge in [0.05, 0.1) is 0 Å². The zero-order valence-electron chi connectivity index (χ0n) is 8.53. The molecule has 0 unspecified atom stereocenters. The number of aromatic nitrogens is 2. The number of rotatable bonds is 3. The molecule has 0 saturated carbocycles. The molecule has 1 aromatic heterocycles. The molecule has 0 fully saturated rings. The summed E-state index contributed by atoms with van der Waals surface area (Å²) in [5.41, 5.74) is 0.698. The van der Waals surface area contributed by atoms with E-state index in [2.05, 4.69) is 25.9 Å². The number of halogens is 1. The number of carbonyl (C=O) groups is 1. The zero-order chi connectivity index (χ0) is 11.5. The summed E-state index contributed by atoms with van der Waals surface area (Å²) in [4.78, 5) is 19.4. The van der Waals surface area contributed by atoms with Crippen LogP contribution in [-0.2, 0) is 0 Å². The molecule has 0 bridgehead atoms. The lowest BCUT2D eigenvalue weighted by molar-refractivity contribution is 0.101. The van der Waals surface area contributed by atoms with Crippen molar-refractivity contribution in [1.82, 2.24) is 9.97 Å². The maximum atomic E-state index is 11.2. The molecule has 0 radical (unpaired) electrons. The van der Waals surface area contributed by atoms with Gasteiger partial charge in [0.15, 0.2) is 10.9 Å². The van der Waals surface area contributed by atoms with E-state index in [9.17, 15) is 4.79 Å². The highest BCUT2D eigenvalue weighted by molar-refractivity contribution is 9.10. The molecule has 0 aliphatic rings. The SMILES string of the molecule is CC(=O)c1ccc(Sc2ncc[nH]2)cc1Br. The summed E-state index contributed by atoms with van der Waals surface area (Å²) >= 11 is 4.91. The summed E-state index contributed by atoms with van der Waals surface area (Å²) in [5, 5.41) is 0.836. The van der Waals surface area contributed by atoms with E-state index >= 15 is 0 Å². The van der Waals surface area contributed by atoms with E-state index in [-0.39, 0.29) is 5.78 Å². The molecule has 5 heteroatoms. The highest BCUT2D eigenvalue weighted by atomic mass is 79.9. The van der Waals surface area contributed by atoms with Crippen LogP contribution in [0.15, 0.2) is 45.1 Å². The predicted octanol–water partition coefficient (Wildman–Crippen LogP) is 3.53. The minimum Gasteiger partial charge on any atom is -0.339 e. The first kappa shape index (κ1) is 11.4. The smallest absolute Gasteiger partial charge is 0.170 e. The Bertz CT molecular complexity index is 511. The van der Waals surface area contributed by atoms with Gasteiger partial charge in [-0.15, -0.1) is 0 Å². The third kappa shape index (κ3) is 2.54. The van der Waals surface area contributed by atoms with Crippen molar-refractivity contribution in [1.29, 1.82) is 0 Å². The van der Waals surface area contributed by atoms with Crippen molar-refractivity contribution >= 4 is 33.5 Å². The van der Waals surface area contributed by atoms with E-state index in [0.29, 0.717) is 5.56 Å². The third-order valence-electron chi connectivity index (χ3n) is 2.01. The summed E-state index contributed by atoms with van der Waals surface area (Å²) in [6, 6.07) is 5.65. The summed E-state index contributed by atoms with van der Waals surface area (Å²) in [6.45, 7) is 1.55. The molecular weight excluding hydrogens is 288 g/mol. The largest absolute Gasteiger partial charge is 0.339 e. The van der Waals surface area contributed by atoms with Crippen molar-refractivity contribution in [3.8, 4) is 0 Å². The Labute approximate surface area is 106 Å². The fraction of sp³-hybridized carbons (Fsp3) is 0.0909. The number of hydrogen-bond acceptors (Lipinski definition) is 3. The summed E-state index contributed by atoms with van der Waals surface area (Å²) in [6.07, 6.45) is 3.49. The maximum Gasteiger partial charge on any atom is 0.170 e. The van der Waals surface area contributed by atoms with Crippen molar-refractivity contribution in [3.63, 3.8) is 0 Å². The van der Waals surface area contributed by atoms with Gasteiger partial charge < -0.3 is 4.98 Å². The van der Waals surface area contributed by atoms with Crippen molar-refractivity contribution in [2.45, 2.75) is 17.0 Å². The minimum atomic E-state index is 0.0569. The fourth-order valence-electron chi connectivity index (χ4n) is 1.26. The van der Waals surface area contributed by atoms with Gasteiger partial charge >= 0.3 is 0 Å². The Kier molecular flexibility index (Phi) is 3.46. The van der Waals surface area contributed by atoms with Gasteiger partial charge in [-0.1, -0.05) is 27.7 Å². The molecule has 3 nitrogen and oxygen atoms in total. The number of H-pyrrole nitrogens is 1. The second kappa shape index (κ2) is 4.84. The second-order valence-corrected chi connectivity index (χ2v) is 5.11. The van der Waals surface area contributed by atoms with Gasteiger partial charge in [-0.25, -0.2) is 4.98 Å². The van der Waals surface area contributed by atoms with Gasteiger partial charge in [0.2, 0.25) is 0 Å². The Morgan fingerprint density at radius 3 is 2.88 bits per heavy atom. The summed E-state index contributed by atoms with van der Waals surface area (Å²) in [5.74, 6) is 0.0569. The summed E-state index contributed by atoms with van der Waals surface area (Å²) < 4.78 is 0.816. The molecule has 0 aliphatic heterocycles. The van der Waals surface area contributed by atoms with Gasteiger partial charge in [-0.2, -0.15) is 0 Å². The molecule has 0 spiro atoms. The van der Waals surface area contributed by atoms with Gasteiger partial charge in [0.1, 0.15) is 0 Å². The minimum absolute atomic E-state index is 0.0569. The molecular formula is C11H9BrN2OS. The molecule has 2 aromatic rings. The standard InChI is InChI=1S/C11H9BrN2OS/c1-7(15)9-3-2-8(6-10(9)12)16-11-13-4-5-14-11/h2-6H,1H3,(H,13,14). The van der Waals surface area contributed by atoms with E-state index in [1.54, 1.807) is 19.3 Å². The number of ketones is 1. The Morgan fingerprint density at radius 1 is 1.50 bits per heavy atom. The first-order valence-electron chi connectivity index (χ1n) is 4.64. The van der Waals surface area contributed by atoms with E-state index in [0.717, 1.165) is 14.5 Å². The van der Waals surface area contributed by atoms with E-state index in [1.807, 2.05) is 18.2 Å². The van der Waals surface area contributed by atoms with Crippen LogP contribution in [0.2, 0.25) is 0 Å². The number of nitrogens with zero attached hydrogens (tertiary/aromatic N) is 1. The van der Waals surface area contributed by atoms with Crippen LogP contribution in [-0.4, -0.2) is 15.8 Å². The van der Waals surface area contributed by atoms with Crippen LogP contribution < -0.4 is 0 Å².